The van der Waals surface area contributed by atoms with Gasteiger partial charge in [-0.3, -0.25) is 19.4 Å². The molecule has 29 heavy (non-hydrogen) atoms. The average molecular weight is 414 g/mol. The summed E-state index contributed by atoms with van der Waals surface area (Å²) in [5.74, 6) is -1.91. The summed E-state index contributed by atoms with van der Waals surface area (Å²) in [5.41, 5.74) is 1.22. The Labute approximate surface area is 175 Å². The predicted octanol–water partition coefficient (Wildman–Crippen LogP) is 4.12. The Hall–Kier alpha value is -2.86. The number of rotatable bonds is 6. The lowest BCUT2D eigenvalue weighted by Gasteiger charge is -2.44. The molecule has 6 nitrogen and oxygen atoms in total. The van der Waals surface area contributed by atoms with Gasteiger partial charge in [-0.05, 0) is 37.6 Å². The normalized spacial score (nSPS) is 20.5. The molecule has 3 rings (SSSR count). The molecule has 1 fully saturated rings. The van der Waals surface area contributed by atoms with E-state index in [-0.39, 0.29) is 5.88 Å². The second-order valence-electron chi connectivity index (χ2n) is 6.99. The first kappa shape index (κ1) is 20.9. The van der Waals surface area contributed by atoms with Crippen molar-refractivity contribution >= 4 is 40.8 Å². The number of benzene rings is 2. The van der Waals surface area contributed by atoms with Gasteiger partial charge in [-0.15, -0.1) is 11.6 Å². The first-order chi connectivity index (χ1) is 14.0. The molecule has 0 unspecified atom stereocenters. The zero-order valence-electron chi connectivity index (χ0n) is 16.4. The molecule has 0 spiro atoms. The molecule has 4 amide bonds. The average Bonchev–Trinajstić information content (AvgIpc) is 2.72. The smallest absolute Gasteiger partial charge is 0.325 e. The summed E-state index contributed by atoms with van der Waals surface area (Å²) in [7, 11) is 0. The molecule has 0 saturated carbocycles. The van der Waals surface area contributed by atoms with Crippen molar-refractivity contribution in [3.8, 4) is 0 Å². The van der Waals surface area contributed by atoms with Gasteiger partial charge in [0, 0.05) is 17.3 Å². The minimum absolute atomic E-state index is 0.109. The standard InChI is InChI=1S/C22H24ClN3O3/c1-3-17(14-23)26-21(28)19(20(27)24-16-10-6-4-7-11-16)15(2)25(22(26)29)18-12-8-5-9-13-18/h4-13,15,17,19H,3,14H2,1-2H3,(H,24,27)/t15-,17-,19-/m1/s1. The number of alkyl halides is 1. The molecule has 2 aromatic rings. The topological polar surface area (TPSA) is 69.7 Å². The Morgan fingerprint density at radius 3 is 2.21 bits per heavy atom. The van der Waals surface area contributed by atoms with E-state index in [0.717, 1.165) is 4.90 Å². The fourth-order valence-electron chi connectivity index (χ4n) is 3.59. The quantitative estimate of drug-likeness (QED) is 0.572. The number of para-hydroxylation sites is 2. The molecule has 1 heterocycles. The molecular weight excluding hydrogens is 390 g/mol. The number of carbonyl (C=O) groups excluding carboxylic acids is 3. The summed E-state index contributed by atoms with van der Waals surface area (Å²) < 4.78 is 0. The molecular formula is C22H24ClN3O3. The predicted molar refractivity (Wildman–Crippen MR) is 114 cm³/mol. The van der Waals surface area contributed by atoms with Gasteiger partial charge in [0.15, 0.2) is 0 Å². The lowest BCUT2D eigenvalue weighted by molar-refractivity contribution is -0.141. The highest BCUT2D eigenvalue weighted by molar-refractivity contribution is 6.20. The van der Waals surface area contributed by atoms with E-state index in [0.29, 0.717) is 17.8 Å². The van der Waals surface area contributed by atoms with Gasteiger partial charge >= 0.3 is 6.03 Å². The molecule has 0 bridgehead atoms. The van der Waals surface area contributed by atoms with Gasteiger partial charge in [0.2, 0.25) is 11.8 Å². The minimum Gasteiger partial charge on any atom is -0.325 e. The highest BCUT2D eigenvalue weighted by atomic mass is 35.5. The zero-order valence-corrected chi connectivity index (χ0v) is 17.2. The highest BCUT2D eigenvalue weighted by Gasteiger charge is 2.50. The van der Waals surface area contributed by atoms with Gasteiger partial charge in [-0.2, -0.15) is 0 Å². The van der Waals surface area contributed by atoms with Crippen LogP contribution in [0.2, 0.25) is 0 Å². The highest BCUT2D eigenvalue weighted by Crippen LogP contribution is 2.31. The lowest BCUT2D eigenvalue weighted by atomic mass is 9.92. The number of carbonyl (C=O) groups is 3. The zero-order chi connectivity index (χ0) is 21.0. The monoisotopic (exact) mass is 413 g/mol. The van der Waals surface area contributed by atoms with Gasteiger partial charge < -0.3 is 5.32 Å². The second-order valence-corrected chi connectivity index (χ2v) is 7.29. The summed E-state index contributed by atoms with van der Waals surface area (Å²) in [4.78, 5) is 42.3. The van der Waals surface area contributed by atoms with Crippen LogP contribution in [-0.2, 0) is 9.59 Å². The molecule has 152 valence electrons. The first-order valence-corrected chi connectivity index (χ1v) is 10.2. The van der Waals surface area contributed by atoms with E-state index < -0.39 is 35.8 Å². The van der Waals surface area contributed by atoms with Crippen molar-refractivity contribution in [2.45, 2.75) is 32.4 Å². The third-order valence-electron chi connectivity index (χ3n) is 5.18. The van der Waals surface area contributed by atoms with Crippen LogP contribution >= 0.6 is 11.6 Å². The van der Waals surface area contributed by atoms with E-state index >= 15 is 0 Å². The fraction of sp³-hybridized carbons (Fsp3) is 0.318. The van der Waals surface area contributed by atoms with Gasteiger partial charge in [0.25, 0.3) is 0 Å². The van der Waals surface area contributed by atoms with Crippen LogP contribution in [0.1, 0.15) is 20.3 Å². The summed E-state index contributed by atoms with van der Waals surface area (Å²) in [6.45, 7) is 3.58. The molecule has 1 saturated heterocycles. The maximum Gasteiger partial charge on any atom is 0.331 e. The number of imide groups is 1. The van der Waals surface area contributed by atoms with Crippen molar-refractivity contribution in [1.29, 1.82) is 0 Å². The molecule has 1 N–H and O–H groups in total. The Bertz CT molecular complexity index is 871. The Kier molecular flexibility index (Phi) is 6.54. The Morgan fingerprint density at radius 2 is 1.66 bits per heavy atom. The van der Waals surface area contributed by atoms with Crippen molar-refractivity contribution in [3.05, 3.63) is 60.7 Å². The Balaban J connectivity index is 2.00. The van der Waals surface area contributed by atoms with E-state index in [1.165, 1.54) is 4.90 Å². The van der Waals surface area contributed by atoms with Gasteiger partial charge in [0.05, 0.1) is 12.1 Å². The van der Waals surface area contributed by atoms with Crippen LogP contribution in [0.15, 0.2) is 60.7 Å². The molecule has 7 heteroatoms. The van der Waals surface area contributed by atoms with Crippen molar-refractivity contribution in [3.63, 3.8) is 0 Å². The fourth-order valence-corrected chi connectivity index (χ4v) is 3.95. The third kappa shape index (κ3) is 4.12. The maximum atomic E-state index is 13.3. The SMILES string of the molecule is CC[C@H](CCl)N1C(=O)[C@@H](C(=O)Nc2ccccc2)[C@@H](C)N(c2ccccc2)C1=O. The first-order valence-electron chi connectivity index (χ1n) is 9.62. The summed E-state index contributed by atoms with van der Waals surface area (Å²) in [6, 6.07) is 16.4. The van der Waals surface area contributed by atoms with E-state index in [1.807, 2.05) is 31.2 Å². The molecule has 0 aliphatic carbocycles. The molecule has 1 aliphatic rings. The maximum absolute atomic E-state index is 13.3. The third-order valence-corrected chi connectivity index (χ3v) is 5.53. The summed E-state index contributed by atoms with van der Waals surface area (Å²) in [5, 5.41) is 2.80. The van der Waals surface area contributed by atoms with Gasteiger partial charge in [-0.1, -0.05) is 43.3 Å². The van der Waals surface area contributed by atoms with Crippen LogP contribution in [0.3, 0.4) is 0 Å². The molecule has 2 aromatic carbocycles. The summed E-state index contributed by atoms with van der Waals surface area (Å²) >= 11 is 6.05. The van der Waals surface area contributed by atoms with E-state index in [9.17, 15) is 14.4 Å². The molecule has 0 aromatic heterocycles. The van der Waals surface area contributed by atoms with E-state index in [4.69, 9.17) is 11.6 Å². The molecule has 0 radical (unpaired) electrons. The largest absolute Gasteiger partial charge is 0.331 e. The number of nitrogens with zero attached hydrogens (tertiary/aromatic N) is 2. The van der Waals surface area contributed by atoms with Crippen LogP contribution < -0.4 is 10.2 Å². The van der Waals surface area contributed by atoms with E-state index in [1.54, 1.807) is 43.3 Å². The number of halogens is 1. The van der Waals surface area contributed by atoms with Crippen LogP contribution in [-0.4, -0.2) is 40.7 Å². The second kappa shape index (κ2) is 9.09. The minimum atomic E-state index is -1.05. The number of amides is 4. The van der Waals surface area contributed by atoms with E-state index in [2.05, 4.69) is 5.32 Å². The van der Waals surface area contributed by atoms with Crippen LogP contribution in [0, 0.1) is 5.92 Å². The van der Waals surface area contributed by atoms with Crippen LogP contribution in [0.25, 0.3) is 0 Å². The number of anilines is 2. The van der Waals surface area contributed by atoms with Crippen molar-refractivity contribution < 1.29 is 14.4 Å². The molecule has 1 aliphatic heterocycles. The molecule has 3 atom stereocenters. The lowest BCUT2D eigenvalue weighted by Crippen LogP contribution is -2.66. The number of hydrogen-bond donors (Lipinski definition) is 1. The summed E-state index contributed by atoms with van der Waals surface area (Å²) in [6.07, 6.45) is 0.505. The van der Waals surface area contributed by atoms with Crippen LogP contribution in [0.4, 0.5) is 16.2 Å². The van der Waals surface area contributed by atoms with Crippen molar-refractivity contribution in [2.75, 3.05) is 16.1 Å². The van der Waals surface area contributed by atoms with Gasteiger partial charge in [0.1, 0.15) is 5.92 Å². The van der Waals surface area contributed by atoms with Crippen LogP contribution in [0.5, 0.6) is 0 Å². The van der Waals surface area contributed by atoms with Gasteiger partial charge in [-0.25, -0.2) is 4.79 Å². The number of nitrogens with one attached hydrogen (secondary N) is 1. The van der Waals surface area contributed by atoms with Crippen molar-refractivity contribution in [2.24, 2.45) is 5.92 Å². The number of urea groups is 1. The number of hydrogen-bond acceptors (Lipinski definition) is 3. The Morgan fingerprint density at radius 1 is 1.07 bits per heavy atom. The van der Waals surface area contributed by atoms with Crippen molar-refractivity contribution in [1.82, 2.24) is 4.90 Å².